The molecular weight excluding hydrogens is 491 g/mol. The summed E-state index contributed by atoms with van der Waals surface area (Å²) in [5, 5.41) is 21.7. The molecule has 3 aromatic carbocycles. The van der Waals surface area contributed by atoms with Gasteiger partial charge in [0.05, 0.1) is 23.4 Å². The molecule has 0 spiro atoms. The van der Waals surface area contributed by atoms with Gasteiger partial charge in [-0.25, -0.2) is 4.39 Å². The summed E-state index contributed by atoms with van der Waals surface area (Å²) in [4.78, 5) is 15.8. The number of hydrogen-bond donors (Lipinski definition) is 3. The summed E-state index contributed by atoms with van der Waals surface area (Å²) in [6.07, 6.45) is 4.38. The molecule has 3 N–H and O–H groups in total. The highest BCUT2D eigenvalue weighted by Gasteiger charge is 2.40. The number of anilines is 1. The van der Waals surface area contributed by atoms with Gasteiger partial charge >= 0.3 is 0 Å². The fourth-order valence-electron chi connectivity index (χ4n) is 6.47. The lowest BCUT2D eigenvalue weighted by atomic mass is 9.96. The second-order valence-corrected chi connectivity index (χ2v) is 11.5. The minimum absolute atomic E-state index is 0.188. The van der Waals surface area contributed by atoms with E-state index < -0.39 is 6.04 Å². The second-order valence-electron chi connectivity index (χ2n) is 11.5. The fourth-order valence-corrected chi connectivity index (χ4v) is 6.47. The molecule has 2 bridgehead atoms. The Morgan fingerprint density at radius 1 is 1.08 bits per heavy atom. The van der Waals surface area contributed by atoms with Crippen molar-refractivity contribution in [2.75, 3.05) is 4.90 Å². The van der Waals surface area contributed by atoms with Gasteiger partial charge in [0.1, 0.15) is 5.82 Å². The Morgan fingerprint density at radius 2 is 1.79 bits per heavy atom. The predicted octanol–water partition coefficient (Wildman–Crippen LogP) is 6.38. The first-order valence-electron chi connectivity index (χ1n) is 14.0. The number of aromatic amines is 1. The summed E-state index contributed by atoms with van der Waals surface area (Å²) in [7, 11) is 0. The number of amides is 1. The van der Waals surface area contributed by atoms with Gasteiger partial charge < -0.3 is 15.3 Å². The van der Waals surface area contributed by atoms with Crippen LogP contribution in [0.25, 0.3) is 22.2 Å². The molecule has 0 unspecified atom stereocenters. The number of hydrogen-bond acceptors (Lipinski definition) is 4. The smallest absolute Gasteiger partial charge is 0.251 e. The van der Waals surface area contributed by atoms with Crippen molar-refractivity contribution in [2.45, 2.75) is 70.2 Å². The van der Waals surface area contributed by atoms with Gasteiger partial charge in [-0.15, -0.1) is 0 Å². The molecule has 2 aliphatic rings. The van der Waals surface area contributed by atoms with Crippen molar-refractivity contribution in [3.63, 3.8) is 0 Å². The average molecular weight is 527 g/mol. The Balaban J connectivity index is 1.25. The van der Waals surface area contributed by atoms with E-state index in [9.17, 15) is 14.3 Å². The quantitative estimate of drug-likeness (QED) is 0.261. The molecule has 4 atom stereocenters. The van der Waals surface area contributed by atoms with Gasteiger partial charge in [-0.05, 0) is 74.4 Å². The van der Waals surface area contributed by atoms with Crippen molar-refractivity contribution in [2.24, 2.45) is 5.92 Å². The van der Waals surface area contributed by atoms with Crippen LogP contribution in [0, 0.1) is 11.7 Å². The number of halogens is 1. The average Bonchev–Trinajstić information content (AvgIpc) is 3.46. The number of rotatable bonds is 7. The first-order valence-corrected chi connectivity index (χ1v) is 14.0. The van der Waals surface area contributed by atoms with Gasteiger partial charge in [-0.1, -0.05) is 44.2 Å². The lowest BCUT2D eigenvalue weighted by Crippen LogP contribution is -2.44. The zero-order valence-corrected chi connectivity index (χ0v) is 22.4. The summed E-state index contributed by atoms with van der Waals surface area (Å²) in [6, 6.07) is 21.0. The Bertz CT molecular complexity index is 1470. The standard InChI is InChI=1S/C32H35FN4O2/c1-19(2)15-30(26-5-3-4-6-28(26)33)34-32(39)21-9-14-29-27(16-21)31(36-35-29)20-7-10-22(11-8-20)37-23-12-13-24(37)18-25(38)17-23/h3-11,14,16,19,23-25,30,38H,12-13,15,17-18H2,1-2H3,(H,34,39)(H,35,36)/t23-,24+,25+,30-/m0/s1. The molecule has 202 valence electrons. The number of aliphatic hydroxyl groups excluding tert-OH is 1. The van der Waals surface area contributed by atoms with E-state index in [1.165, 1.54) is 11.8 Å². The molecule has 3 heterocycles. The van der Waals surface area contributed by atoms with Crippen molar-refractivity contribution in [3.05, 3.63) is 83.7 Å². The van der Waals surface area contributed by atoms with Gasteiger partial charge in [-0.3, -0.25) is 9.89 Å². The van der Waals surface area contributed by atoms with Crippen LogP contribution < -0.4 is 10.2 Å². The van der Waals surface area contributed by atoms with Crippen LogP contribution in [0.3, 0.4) is 0 Å². The van der Waals surface area contributed by atoms with Crippen molar-refractivity contribution < 1.29 is 14.3 Å². The normalized spacial score (nSPS) is 21.5. The summed E-state index contributed by atoms with van der Waals surface area (Å²) in [5.41, 5.74) is 4.80. The predicted molar refractivity (Wildman–Crippen MR) is 152 cm³/mol. The van der Waals surface area contributed by atoms with Gasteiger partial charge in [0.15, 0.2) is 0 Å². The number of H-pyrrole nitrogens is 1. The van der Waals surface area contributed by atoms with Crippen LogP contribution in [-0.2, 0) is 0 Å². The number of fused-ring (bicyclic) bond motifs is 3. The minimum Gasteiger partial charge on any atom is -0.393 e. The first kappa shape index (κ1) is 25.6. The number of carbonyl (C=O) groups excluding carboxylic acids is 1. The highest BCUT2D eigenvalue weighted by Crippen LogP contribution is 2.40. The number of benzene rings is 3. The van der Waals surface area contributed by atoms with E-state index in [0.29, 0.717) is 29.6 Å². The first-order chi connectivity index (χ1) is 18.9. The minimum atomic E-state index is -0.419. The van der Waals surface area contributed by atoms with Crippen LogP contribution in [0.5, 0.6) is 0 Å². The Kier molecular flexibility index (Phi) is 6.85. The molecule has 2 saturated heterocycles. The van der Waals surface area contributed by atoms with Gasteiger partial charge in [0, 0.05) is 39.8 Å². The van der Waals surface area contributed by atoms with Gasteiger partial charge in [0.2, 0.25) is 0 Å². The monoisotopic (exact) mass is 526 g/mol. The molecule has 6 nitrogen and oxygen atoms in total. The molecule has 39 heavy (non-hydrogen) atoms. The number of piperidine rings is 1. The highest BCUT2D eigenvalue weighted by molar-refractivity contribution is 6.01. The molecule has 7 heteroatoms. The van der Waals surface area contributed by atoms with Crippen LogP contribution in [-0.4, -0.2) is 39.4 Å². The van der Waals surface area contributed by atoms with E-state index in [-0.39, 0.29) is 23.7 Å². The van der Waals surface area contributed by atoms with Crippen molar-refractivity contribution >= 4 is 22.5 Å². The number of aliphatic hydroxyl groups is 1. The SMILES string of the molecule is CC(C)C[C@H](NC(=O)c1ccc2[nH]nc(-c3ccc(N4[C@@H]5CC[C@H]4C[C@@H](O)C5)cc3)c2c1)c1ccccc1F. The summed E-state index contributed by atoms with van der Waals surface area (Å²) in [6.45, 7) is 4.13. The third-order valence-corrected chi connectivity index (χ3v) is 8.27. The second kappa shape index (κ2) is 10.5. The van der Waals surface area contributed by atoms with Crippen molar-refractivity contribution in [1.29, 1.82) is 0 Å². The van der Waals surface area contributed by atoms with Crippen LogP contribution in [0.4, 0.5) is 10.1 Å². The molecule has 2 fully saturated rings. The maximum atomic E-state index is 14.6. The number of nitrogens with zero attached hydrogens (tertiary/aromatic N) is 2. The molecule has 1 aromatic heterocycles. The number of nitrogens with one attached hydrogen (secondary N) is 2. The number of aromatic nitrogens is 2. The maximum absolute atomic E-state index is 14.6. The molecule has 0 saturated carbocycles. The third kappa shape index (κ3) is 5.03. The molecule has 0 radical (unpaired) electrons. The van der Waals surface area contributed by atoms with E-state index in [0.717, 1.165) is 47.8 Å². The molecular formula is C32H35FN4O2. The summed E-state index contributed by atoms with van der Waals surface area (Å²) in [5.74, 6) is -0.268. The van der Waals surface area contributed by atoms with Crippen LogP contribution in [0.2, 0.25) is 0 Å². The van der Waals surface area contributed by atoms with Gasteiger partial charge in [0.25, 0.3) is 5.91 Å². The molecule has 0 aliphatic carbocycles. The highest BCUT2D eigenvalue weighted by atomic mass is 19.1. The van der Waals surface area contributed by atoms with Gasteiger partial charge in [-0.2, -0.15) is 5.10 Å². The molecule has 6 rings (SSSR count). The topological polar surface area (TPSA) is 81.2 Å². The maximum Gasteiger partial charge on any atom is 0.251 e. The zero-order chi connectivity index (χ0) is 27.1. The van der Waals surface area contributed by atoms with Crippen molar-refractivity contribution in [3.8, 4) is 11.3 Å². The molecule has 4 aromatic rings. The molecule has 1 amide bonds. The summed E-state index contributed by atoms with van der Waals surface area (Å²) < 4.78 is 14.6. The Morgan fingerprint density at radius 3 is 2.49 bits per heavy atom. The van der Waals surface area contributed by atoms with E-state index in [2.05, 4.69) is 58.5 Å². The van der Waals surface area contributed by atoms with E-state index in [1.54, 1.807) is 24.3 Å². The largest absolute Gasteiger partial charge is 0.393 e. The van der Waals surface area contributed by atoms with Crippen LogP contribution in [0.15, 0.2) is 66.7 Å². The van der Waals surface area contributed by atoms with Crippen molar-refractivity contribution in [1.82, 2.24) is 15.5 Å². The van der Waals surface area contributed by atoms with E-state index in [1.807, 2.05) is 12.1 Å². The van der Waals surface area contributed by atoms with E-state index in [4.69, 9.17) is 0 Å². The van der Waals surface area contributed by atoms with Crippen LogP contribution in [0.1, 0.15) is 67.9 Å². The Hall–Kier alpha value is -3.71. The zero-order valence-electron chi connectivity index (χ0n) is 22.4. The van der Waals surface area contributed by atoms with Crippen LogP contribution >= 0.6 is 0 Å². The Labute approximate surface area is 228 Å². The summed E-state index contributed by atoms with van der Waals surface area (Å²) >= 11 is 0. The molecule has 2 aliphatic heterocycles. The lowest BCUT2D eigenvalue weighted by molar-refractivity contribution is 0.0931. The lowest BCUT2D eigenvalue weighted by Gasteiger charge is -2.39. The third-order valence-electron chi connectivity index (χ3n) is 8.27. The van der Waals surface area contributed by atoms with E-state index >= 15 is 0 Å². The fraction of sp³-hybridized carbons (Fsp3) is 0.375. The number of carbonyl (C=O) groups is 1.